The molecule has 9 heteroatoms. The molecular formula is C18H19FN2O5S. The van der Waals surface area contributed by atoms with Crippen molar-refractivity contribution in [2.24, 2.45) is 0 Å². The minimum atomic E-state index is -3.76. The molecule has 0 saturated carbocycles. The number of amides is 1. The van der Waals surface area contributed by atoms with Crippen molar-refractivity contribution in [3.8, 4) is 11.5 Å². The fraction of sp³-hybridized carbons (Fsp3) is 0.278. The molecule has 2 aromatic carbocycles. The Labute approximate surface area is 156 Å². The van der Waals surface area contributed by atoms with E-state index in [0.29, 0.717) is 24.5 Å². The highest BCUT2D eigenvalue weighted by atomic mass is 32.2. The van der Waals surface area contributed by atoms with E-state index in [0.717, 1.165) is 17.7 Å². The van der Waals surface area contributed by atoms with Crippen LogP contribution >= 0.6 is 0 Å². The third-order valence-electron chi connectivity index (χ3n) is 3.94. The molecule has 0 fully saturated rings. The van der Waals surface area contributed by atoms with Gasteiger partial charge in [0.2, 0.25) is 22.7 Å². The first-order valence-corrected chi connectivity index (χ1v) is 9.83. The number of halogens is 1. The molecule has 0 aliphatic carbocycles. The molecule has 0 spiro atoms. The normalized spacial score (nSPS) is 12.8. The van der Waals surface area contributed by atoms with Crippen molar-refractivity contribution in [3.05, 3.63) is 53.8 Å². The lowest BCUT2D eigenvalue weighted by atomic mass is 10.1. The van der Waals surface area contributed by atoms with E-state index in [2.05, 4.69) is 10.0 Å². The van der Waals surface area contributed by atoms with Crippen LogP contribution in [0.4, 0.5) is 4.39 Å². The van der Waals surface area contributed by atoms with E-state index in [4.69, 9.17) is 9.47 Å². The number of sulfonamides is 1. The molecule has 0 atom stereocenters. The molecule has 1 heterocycles. The molecule has 27 heavy (non-hydrogen) atoms. The third-order valence-corrected chi connectivity index (χ3v) is 5.42. The van der Waals surface area contributed by atoms with Crippen LogP contribution in [0.3, 0.4) is 0 Å². The zero-order valence-corrected chi connectivity index (χ0v) is 15.2. The summed E-state index contributed by atoms with van der Waals surface area (Å²) < 4.78 is 49.8. The first-order valence-electron chi connectivity index (χ1n) is 8.34. The second-order valence-corrected chi connectivity index (χ2v) is 7.66. The van der Waals surface area contributed by atoms with Crippen molar-refractivity contribution in [2.45, 2.75) is 17.7 Å². The lowest BCUT2D eigenvalue weighted by Crippen LogP contribution is -2.31. The summed E-state index contributed by atoms with van der Waals surface area (Å²) >= 11 is 0. The van der Waals surface area contributed by atoms with E-state index < -0.39 is 15.8 Å². The predicted octanol–water partition coefficient (Wildman–Crippen LogP) is 1.58. The summed E-state index contributed by atoms with van der Waals surface area (Å²) in [5.74, 6) is 0.610. The van der Waals surface area contributed by atoms with Crippen LogP contribution in [0.1, 0.15) is 12.0 Å². The molecule has 144 valence electrons. The van der Waals surface area contributed by atoms with Crippen LogP contribution in [0, 0.1) is 5.82 Å². The Kier molecular flexibility index (Phi) is 5.92. The van der Waals surface area contributed by atoms with Crippen molar-refractivity contribution < 1.29 is 27.1 Å². The molecule has 1 aliphatic heterocycles. The van der Waals surface area contributed by atoms with Gasteiger partial charge in [-0.3, -0.25) is 4.79 Å². The summed E-state index contributed by atoms with van der Waals surface area (Å²) in [6.07, 6.45) is 0.616. The van der Waals surface area contributed by atoms with Crippen LogP contribution in [0.15, 0.2) is 47.4 Å². The second-order valence-electron chi connectivity index (χ2n) is 5.89. The Morgan fingerprint density at radius 1 is 1.04 bits per heavy atom. The smallest absolute Gasteiger partial charge is 0.240 e. The highest BCUT2D eigenvalue weighted by Gasteiger charge is 2.15. The molecule has 2 aromatic rings. The summed E-state index contributed by atoms with van der Waals surface area (Å²) in [6.45, 7) is 0.585. The Balaban J connectivity index is 1.39. The average Bonchev–Trinajstić information content (AvgIpc) is 3.10. The van der Waals surface area contributed by atoms with Gasteiger partial charge >= 0.3 is 0 Å². The zero-order chi connectivity index (χ0) is 19.3. The fourth-order valence-corrected chi connectivity index (χ4v) is 3.56. The number of carbonyl (C=O) groups is 1. The average molecular weight is 394 g/mol. The molecule has 0 bridgehead atoms. The van der Waals surface area contributed by atoms with E-state index in [1.54, 1.807) is 0 Å². The molecule has 0 radical (unpaired) electrons. The largest absolute Gasteiger partial charge is 0.454 e. The highest BCUT2D eigenvalue weighted by molar-refractivity contribution is 7.89. The topological polar surface area (TPSA) is 93.7 Å². The van der Waals surface area contributed by atoms with Gasteiger partial charge in [0, 0.05) is 19.5 Å². The highest BCUT2D eigenvalue weighted by Crippen LogP contribution is 2.32. The standard InChI is InChI=1S/C18H19FN2O5S/c19-14-2-4-15(5-3-14)27(23,24)21-10-8-18(22)20-9-7-13-1-6-16-17(11-13)26-12-25-16/h1-6,11,21H,7-10,12H2,(H,20,22). The first-order chi connectivity index (χ1) is 12.9. The minimum Gasteiger partial charge on any atom is -0.454 e. The third kappa shape index (κ3) is 5.18. The SMILES string of the molecule is O=C(CCNS(=O)(=O)c1ccc(F)cc1)NCCc1ccc2c(c1)OCO2. The van der Waals surface area contributed by atoms with Gasteiger partial charge in [0.1, 0.15) is 5.82 Å². The van der Waals surface area contributed by atoms with Gasteiger partial charge in [-0.15, -0.1) is 0 Å². The molecule has 1 aliphatic rings. The van der Waals surface area contributed by atoms with Crippen molar-refractivity contribution in [2.75, 3.05) is 19.9 Å². The van der Waals surface area contributed by atoms with Gasteiger partial charge in [0.25, 0.3) is 0 Å². The van der Waals surface area contributed by atoms with Gasteiger partial charge < -0.3 is 14.8 Å². The van der Waals surface area contributed by atoms with Gasteiger partial charge in [-0.1, -0.05) is 6.07 Å². The maximum absolute atomic E-state index is 12.9. The van der Waals surface area contributed by atoms with Crippen molar-refractivity contribution in [1.29, 1.82) is 0 Å². The quantitative estimate of drug-likeness (QED) is 0.709. The Bertz CT molecular complexity index is 916. The van der Waals surface area contributed by atoms with Crippen molar-refractivity contribution in [1.82, 2.24) is 10.0 Å². The van der Waals surface area contributed by atoms with Gasteiger partial charge in [-0.25, -0.2) is 17.5 Å². The molecular weight excluding hydrogens is 375 g/mol. The fourth-order valence-electron chi connectivity index (χ4n) is 2.53. The van der Waals surface area contributed by atoms with Crippen molar-refractivity contribution >= 4 is 15.9 Å². The zero-order valence-electron chi connectivity index (χ0n) is 14.4. The maximum Gasteiger partial charge on any atom is 0.240 e. The molecule has 0 unspecified atom stereocenters. The van der Waals surface area contributed by atoms with Crippen LogP contribution in [-0.2, 0) is 21.2 Å². The lowest BCUT2D eigenvalue weighted by molar-refractivity contribution is -0.120. The van der Waals surface area contributed by atoms with E-state index >= 15 is 0 Å². The predicted molar refractivity (Wildman–Crippen MR) is 95.5 cm³/mol. The van der Waals surface area contributed by atoms with Gasteiger partial charge in [-0.05, 0) is 48.4 Å². The van der Waals surface area contributed by atoms with Gasteiger partial charge in [0.15, 0.2) is 11.5 Å². The van der Waals surface area contributed by atoms with Crippen molar-refractivity contribution in [3.63, 3.8) is 0 Å². The van der Waals surface area contributed by atoms with Crippen LogP contribution in [0.25, 0.3) is 0 Å². The molecule has 3 rings (SSSR count). The number of carbonyl (C=O) groups excluding carboxylic acids is 1. The summed E-state index contributed by atoms with van der Waals surface area (Å²) in [5, 5.41) is 2.74. The number of benzene rings is 2. The summed E-state index contributed by atoms with van der Waals surface area (Å²) in [6, 6.07) is 10.1. The molecule has 7 nitrogen and oxygen atoms in total. The minimum absolute atomic E-state index is 0.00155. The number of hydrogen-bond donors (Lipinski definition) is 2. The lowest BCUT2D eigenvalue weighted by Gasteiger charge is -2.08. The van der Waals surface area contributed by atoms with Crippen LogP contribution in [0.2, 0.25) is 0 Å². The number of rotatable bonds is 8. The number of nitrogens with one attached hydrogen (secondary N) is 2. The summed E-state index contributed by atoms with van der Waals surface area (Å²) in [7, 11) is -3.76. The number of hydrogen-bond acceptors (Lipinski definition) is 5. The van der Waals surface area contributed by atoms with E-state index in [9.17, 15) is 17.6 Å². The molecule has 0 aromatic heterocycles. The van der Waals surface area contributed by atoms with Gasteiger partial charge in [0.05, 0.1) is 4.90 Å². The maximum atomic E-state index is 12.9. The molecule has 0 saturated heterocycles. The number of fused-ring (bicyclic) bond motifs is 1. The van der Waals surface area contributed by atoms with E-state index in [1.165, 1.54) is 12.1 Å². The van der Waals surface area contributed by atoms with Crippen LogP contribution < -0.4 is 19.5 Å². The van der Waals surface area contributed by atoms with E-state index in [1.807, 2.05) is 18.2 Å². The summed E-state index contributed by atoms with van der Waals surface area (Å²) in [5.41, 5.74) is 0.997. The summed E-state index contributed by atoms with van der Waals surface area (Å²) in [4.78, 5) is 11.8. The number of ether oxygens (including phenoxy) is 2. The van der Waals surface area contributed by atoms with Crippen LogP contribution in [-0.4, -0.2) is 34.2 Å². The second kappa shape index (κ2) is 8.36. The van der Waals surface area contributed by atoms with E-state index in [-0.39, 0.29) is 30.6 Å². The van der Waals surface area contributed by atoms with Crippen LogP contribution in [0.5, 0.6) is 11.5 Å². The first kappa shape index (κ1) is 19.1. The molecule has 1 amide bonds. The Hall–Kier alpha value is -2.65. The monoisotopic (exact) mass is 394 g/mol. The molecule has 2 N–H and O–H groups in total. The Morgan fingerprint density at radius 3 is 2.56 bits per heavy atom. The van der Waals surface area contributed by atoms with Gasteiger partial charge in [-0.2, -0.15) is 0 Å². The Morgan fingerprint density at radius 2 is 1.78 bits per heavy atom.